The van der Waals surface area contributed by atoms with Crippen molar-refractivity contribution in [1.82, 2.24) is 9.88 Å². The standard InChI is InChI=1S/C20H20FN3O4/c1-12-19(16-10-14(21)4-7-17(16)24(12)11-18(25)26)28-15-5-2-13(3-6-15)20(27)23-9-8-22/h2-7,10H,8-9,11,22H2,1H3,(H,23,27)(H,25,26). The highest BCUT2D eigenvalue weighted by atomic mass is 19.1. The summed E-state index contributed by atoms with van der Waals surface area (Å²) in [4.78, 5) is 23.1. The third kappa shape index (κ3) is 3.96. The van der Waals surface area contributed by atoms with Gasteiger partial charge in [0.05, 0.1) is 11.2 Å². The maximum atomic E-state index is 13.8. The fourth-order valence-corrected chi connectivity index (χ4v) is 2.97. The lowest BCUT2D eigenvalue weighted by Crippen LogP contribution is -2.28. The van der Waals surface area contributed by atoms with Crippen LogP contribution in [-0.4, -0.2) is 34.6 Å². The van der Waals surface area contributed by atoms with Gasteiger partial charge in [-0.2, -0.15) is 0 Å². The number of carbonyl (C=O) groups is 2. The summed E-state index contributed by atoms with van der Waals surface area (Å²) in [6, 6.07) is 10.6. The molecule has 1 heterocycles. The predicted octanol–water partition coefficient (Wildman–Crippen LogP) is 2.65. The number of carboxylic acid groups (broad SMARTS) is 1. The molecular formula is C20H20FN3O4. The number of carbonyl (C=O) groups excluding carboxylic acids is 1. The van der Waals surface area contributed by atoms with E-state index >= 15 is 0 Å². The van der Waals surface area contributed by atoms with Gasteiger partial charge in [-0.3, -0.25) is 9.59 Å². The van der Waals surface area contributed by atoms with E-state index in [1.54, 1.807) is 35.8 Å². The highest BCUT2D eigenvalue weighted by Crippen LogP contribution is 2.36. The number of fused-ring (bicyclic) bond motifs is 1. The molecule has 28 heavy (non-hydrogen) atoms. The Labute approximate surface area is 160 Å². The molecule has 4 N–H and O–H groups in total. The van der Waals surface area contributed by atoms with E-state index in [-0.39, 0.29) is 12.5 Å². The topological polar surface area (TPSA) is 107 Å². The number of benzene rings is 2. The fraction of sp³-hybridized carbons (Fsp3) is 0.200. The minimum absolute atomic E-state index is 0.242. The molecule has 1 aromatic heterocycles. The molecule has 0 saturated carbocycles. The number of carboxylic acids is 1. The summed E-state index contributed by atoms with van der Waals surface area (Å²) in [5.74, 6) is -0.887. The molecule has 0 saturated heterocycles. The number of hydrogen-bond donors (Lipinski definition) is 3. The number of ether oxygens (including phenoxy) is 1. The number of aromatic nitrogens is 1. The molecule has 7 nitrogen and oxygen atoms in total. The smallest absolute Gasteiger partial charge is 0.323 e. The molecule has 8 heteroatoms. The van der Waals surface area contributed by atoms with Gasteiger partial charge in [-0.25, -0.2) is 4.39 Å². The highest BCUT2D eigenvalue weighted by molar-refractivity contribution is 5.94. The molecule has 0 unspecified atom stereocenters. The van der Waals surface area contributed by atoms with Gasteiger partial charge in [-0.15, -0.1) is 0 Å². The van der Waals surface area contributed by atoms with Crippen LogP contribution in [0, 0.1) is 12.7 Å². The largest absolute Gasteiger partial charge is 0.480 e. The van der Waals surface area contributed by atoms with E-state index < -0.39 is 11.8 Å². The van der Waals surface area contributed by atoms with E-state index in [9.17, 15) is 14.0 Å². The quantitative estimate of drug-likeness (QED) is 0.580. The molecule has 1 amide bonds. The fourth-order valence-electron chi connectivity index (χ4n) is 2.97. The lowest BCUT2D eigenvalue weighted by atomic mass is 10.2. The van der Waals surface area contributed by atoms with Crippen molar-refractivity contribution < 1.29 is 23.8 Å². The number of amides is 1. The summed E-state index contributed by atoms with van der Waals surface area (Å²) in [7, 11) is 0. The van der Waals surface area contributed by atoms with Gasteiger partial charge in [0.15, 0.2) is 5.75 Å². The normalized spacial score (nSPS) is 10.8. The van der Waals surface area contributed by atoms with Crippen LogP contribution in [0.3, 0.4) is 0 Å². The van der Waals surface area contributed by atoms with E-state index in [2.05, 4.69) is 5.32 Å². The van der Waals surface area contributed by atoms with Crippen LogP contribution < -0.4 is 15.8 Å². The molecule has 146 valence electrons. The van der Waals surface area contributed by atoms with E-state index in [1.165, 1.54) is 18.2 Å². The van der Waals surface area contributed by atoms with Gasteiger partial charge in [0, 0.05) is 24.0 Å². The van der Waals surface area contributed by atoms with Crippen LogP contribution in [0.15, 0.2) is 42.5 Å². The molecule has 0 aliphatic carbocycles. The number of rotatable bonds is 7. The van der Waals surface area contributed by atoms with Crippen LogP contribution in [0.4, 0.5) is 4.39 Å². The Balaban J connectivity index is 1.93. The summed E-state index contributed by atoms with van der Waals surface area (Å²) < 4.78 is 21.2. The number of nitrogens with zero attached hydrogens (tertiary/aromatic N) is 1. The Morgan fingerprint density at radius 3 is 2.57 bits per heavy atom. The first-order chi connectivity index (χ1) is 13.4. The van der Waals surface area contributed by atoms with Crippen molar-refractivity contribution in [2.75, 3.05) is 13.1 Å². The maximum absolute atomic E-state index is 13.8. The highest BCUT2D eigenvalue weighted by Gasteiger charge is 2.18. The third-order valence-corrected chi connectivity index (χ3v) is 4.29. The molecule has 0 radical (unpaired) electrons. The third-order valence-electron chi connectivity index (χ3n) is 4.29. The zero-order valence-electron chi connectivity index (χ0n) is 15.2. The zero-order chi connectivity index (χ0) is 20.3. The average molecular weight is 385 g/mol. The van der Waals surface area contributed by atoms with Crippen molar-refractivity contribution in [2.45, 2.75) is 13.5 Å². The van der Waals surface area contributed by atoms with Crippen molar-refractivity contribution in [3.8, 4) is 11.5 Å². The van der Waals surface area contributed by atoms with Gasteiger partial charge >= 0.3 is 5.97 Å². The Morgan fingerprint density at radius 1 is 1.21 bits per heavy atom. The minimum atomic E-state index is -1.01. The van der Waals surface area contributed by atoms with Crippen LogP contribution in [0.1, 0.15) is 16.1 Å². The van der Waals surface area contributed by atoms with Crippen LogP contribution >= 0.6 is 0 Å². The second-order valence-corrected chi connectivity index (χ2v) is 6.23. The van der Waals surface area contributed by atoms with Gasteiger partial charge in [0.25, 0.3) is 5.91 Å². The van der Waals surface area contributed by atoms with Gasteiger partial charge in [0.1, 0.15) is 18.1 Å². The minimum Gasteiger partial charge on any atom is -0.480 e. The Bertz CT molecular complexity index is 1030. The molecule has 0 fully saturated rings. The van der Waals surface area contributed by atoms with Crippen LogP contribution in [0.2, 0.25) is 0 Å². The number of nitrogens with two attached hydrogens (primary N) is 1. The van der Waals surface area contributed by atoms with Crippen LogP contribution in [0.25, 0.3) is 10.9 Å². The van der Waals surface area contributed by atoms with E-state index in [0.29, 0.717) is 46.7 Å². The van der Waals surface area contributed by atoms with E-state index in [4.69, 9.17) is 15.6 Å². The lowest BCUT2D eigenvalue weighted by molar-refractivity contribution is -0.137. The summed E-state index contributed by atoms with van der Waals surface area (Å²) in [5, 5.41) is 12.3. The zero-order valence-corrected chi connectivity index (χ0v) is 15.2. The Hall–Kier alpha value is -3.39. The summed E-state index contributed by atoms with van der Waals surface area (Å²) >= 11 is 0. The van der Waals surface area contributed by atoms with Crippen LogP contribution in [0.5, 0.6) is 11.5 Å². The van der Waals surface area contributed by atoms with Gasteiger partial charge in [-0.1, -0.05) is 0 Å². The molecule has 3 rings (SSSR count). The Kier molecular flexibility index (Phi) is 5.60. The molecule has 3 aromatic rings. The van der Waals surface area contributed by atoms with E-state index in [1.807, 2.05) is 0 Å². The monoisotopic (exact) mass is 385 g/mol. The van der Waals surface area contributed by atoms with Crippen molar-refractivity contribution in [2.24, 2.45) is 5.73 Å². The summed E-state index contributed by atoms with van der Waals surface area (Å²) in [6.07, 6.45) is 0. The van der Waals surface area contributed by atoms with Crippen molar-refractivity contribution in [3.63, 3.8) is 0 Å². The van der Waals surface area contributed by atoms with E-state index in [0.717, 1.165) is 0 Å². The number of aliphatic carboxylic acids is 1. The molecular weight excluding hydrogens is 365 g/mol. The van der Waals surface area contributed by atoms with Gasteiger partial charge in [-0.05, 0) is 49.4 Å². The first-order valence-corrected chi connectivity index (χ1v) is 8.67. The maximum Gasteiger partial charge on any atom is 0.323 e. The molecule has 0 atom stereocenters. The summed E-state index contributed by atoms with van der Waals surface area (Å²) in [5.41, 5.74) is 6.95. The van der Waals surface area contributed by atoms with Crippen molar-refractivity contribution in [1.29, 1.82) is 0 Å². The first kappa shape index (κ1) is 19.4. The Morgan fingerprint density at radius 2 is 1.93 bits per heavy atom. The molecule has 0 aliphatic rings. The number of hydrogen-bond acceptors (Lipinski definition) is 4. The molecule has 0 bridgehead atoms. The predicted molar refractivity (Wildman–Crippen MR) is 102 cm³/mol. The van der Waals surface area contributed by atoms with Gasteiger partial charge in [0.2, 0.25) is 0 Å². The second kappa shape index (κ2) is 8.10. The van der Waals surface area contributed by atoms with Gasteiger partial charge < -0.3 is 25.5 Å². The molecule has 0 aliphatic heterocycles. The molecule has 0 spiro atoms. The van der Waals surface area contributed by atoms with Crippen molar-refractivity contribution in [3.05, 3.63) is 59.5 Å². The SMILES string of the molecule is Cc1c(Oc2ccc(C(=O)NCCN)cc2)c2cc(F)ccc2n1CC(=O)O. The number of nitrogens with one attached hydrogen (secondary N) is 1. The first-order valence-electron chi connectivity index (χ1n) is 8.67. The number of halogens is 1. The van der Waals surface area contributed by atoms with Crippen LogP contribution in [-0.2, 0) is 11.3 Å². The van der Waals surface area contributed by atoms with Crippen molar-refractivity contribution >= 4 is 22.8 Å². The lowest BCUT2D eigenvalue weighted by Gasteiger charge is -2.08. The summed E-state index contributed by atoms with van der Waals surface area (Å²) in [6.45, 7) is 2.18. The second-order valence-electron chi connectivity index (χ2n) is 6.23. The molecule has 2 aromatic carbocycles. The average Bonchev–Trinajstić information content (AvgIpc) is 2.91.